The normalized spacial score (nSPS) is 17.6. The molecule has 126 valence electrons. The van der Waals surface area contributed by atoms with Gasteiger partial charge in [0.25, 0.3) is 0 Å². The van der Waals surface area contributed by atoms with Crippen molar-refractivity contribution in [3.63, 3.8) is 0 Å². The van der Waals surface area contributed by atoms with Gasteiger partial charge in [-0.2, -0.15) is 0 Å². The molecule has 1 saturated heterocycles. The molecule has 1 fully saturated rings. The third kappa shape index (κ3) is 3.86. The zero-order chi connectivity index (χ0) is 17.1. The number of rotatable bonds is 2. The molecule has 2 amide bonds. The van der Waals surface area contributed by atoms with Crippen LogP contribution in [0, 0.1) is 12.7 Å². The van der Waals surface area contributed by atoms with Crippen molar-refractivity contribution in [2.45, 2.75) is 13.0 Å². The Balaban J connectivity index is 1.67. The molecule has 0 bridgehead atoms. The summed E-state index contributed by atoms with van der Waals surface area (Å²) in [6.45, 7) is 3.09. The fourth-order valence-corrected chi connectivity index (χ4v) is 2.75. The number of urea groups is 1. The third-order valence-corrected chi connectivity index (χ3v) is 4.21. The van der Waals surface area contributed by atoms with E-state index in [0.717, 1.165) is 11.1 Å². The van der Waals surface area contributed by atoms with Gasteiger partial charge in [0.15, 0.2) is 0 Å². The van der Waals surface area contributed by atoms with Crippen molar-refractivity contribution in [2.24, 2.45) is 0 Å². The van der Waals surface area contributed by atoms with E-state index in [1.165, 1.54) is 6.07 Å². The Labute approximate surface area is 145 Å². The monoisotopic (exact) mass is 348 g/mol. The number of halogens is 2. The number of aryl methyl sites for hydroxylation is 1. The van der Waals surface area contributed by atoms with Crippen molar-refractivity contribution in [2.75, 3.05) is 25.0 Å². The molecule has 1 aliphatic rings. The lowest BCUT2D eigenvalue weighted by Gasteiger charge is -2.33. The summed E-state index contributed by atoms with van der Waals surface area (Å²) in [6, 6.07) is 11.7. The fraction of sp³-hybridized carbons (Fsp3) is 0.278. The highest BCUT2D eigenvalue weighted by Crippen LogP contribution is 2.24. The summed E-state index contributed by atoms with van der Waals surface area (Å²) in [5.74, 6) is -0.439. The second kappa shape index (κ2) is 7.20. The van der Waals surface area contributed by atoms with E-state index in [2.05, 4.69) is 5.32 Å². The van der Waals surface area contributed by atoms with Crippen LogP contribution in [0.5, 0.6) is 0 Å². The van der Waals surface area contributed by atoms with Gasteiger partial charge in [0.2, 0.25) is 0 Å². The van der Waals surface area contributed by atoms with E-state index in [1.807, 2.05) is 12.1 Å². The van der Waals surface area contributed by atoms with Gasteiger partial charge in [0, 0.05) is 11.6 Å². The minimum Gasteiger partial charge on any atom is -0.370 e. The Hall–Kier alpha value is -2.11. The zero-order valence-corrected chi connectivity index (χ0v) is 14.0. The zero-order valence-electron chi connectivity index (χ0n) is 13.3. The lowest BCUT2D eigenvalue weighted by molar-refractivity contribution is -0.0135. The Morgan fingerprint density at radius 3 is 2.75 bits per heavy atom. The van der Waals surface area contributed by atoms with Crippen molar-refractivity contribution in [1.82, 2.24) is 4.90 Å². The Morgan fingerprint density at radius 2 is 2.04 bits per heavy atom. The molecule has 0 radical (unpaired) electrons. The van der Waals surface area contributed by atoms with Crippen LogP contribution in [-0.4, -0.2) is 30.6 Å². The van der Waals surface area contributed by atoms with Crippen LogP contribution in [0.4, 0.5) is 14.9 Å². The first-order valence-electron chi connectivity index (χ1n) is 7.72. The molecule has 6 heteroatoms. The van der Waals surface area contributed by atoms with Crippen molar-refractivity contribution in [3.8, 4) is 0 Å². The van der Waals surface area contributed by atoms with Gasteiger partial charge in [-0.05, 0) is 42.3 Å². The van der Waals surface area contributed by atoms with Crippen molar-refractivity contribution in [3.05, 3.63) is 64.4 Å². The van der Waals surface area contributed by atoms with Crippen LogP contribution < -0.4 is 5.32 Å². The van der Waals surface area contributed by atoms with Crippen molar-refractivity contribution in [1.29, 1.82) is 0 Å². The molecule has 3 rings (SSSR count). The molecule has 1 aliphatic heterocycles. The summed E-state index contributed by atoms with van der Waals surface area (Å²) in [5.41, 5.74) is 1.94. The maximum atomic E-state index is 13.9. The summed E-state index contributed by atoms with van der Waals surface area (Å²) in [7, 11) is 0. The average molecular weight is 349 g/mol. The second-order valence-electron chi connectivity index (χ2n) is 5.77. The number of anilines is 1. The minimum atomic E-state index is -0.439. The Kier molecular flexibility index (Phi) is 5.02. The van der Waals surface area contributed by atoms with E-state index < -0.39 is 5.82 Å². The van der Waals surface area contributed by atoms with Crippen LogP contribution in [0.25, 0.3) is 0 Å². The van der Waals surface area contributed by atoms with Crippen LogP contribution in [0.2, 0.25) is 5.02 Å². The van der Waals surface area contributed by atoms with Gasteiger partial charge in [-0.25, -0.2) is 9.18 Å². The maximum Gasteiger partial charge on any atom is 0.322 e. The van der Waals surface area contributed by atoms with E-state index in [-0.39, 0.29) is 17.8 Å². The van der Waals surface area contributed by atoms with Crippen LogP contribution in [0.15, 0.2) is 42.5 Å². The van der Waals surface area contributed by atoms with Crippen molar-refractivity contribution >= 4 is 23.3 Å². The molecule has 2 aromatic rings. The van der Waals surface area contributed by atoms with Gasteiger partial charge in [-0.1, -0.05) is 29.8 Å². The molecule has 0 aliphatic carbocycles. The Morgan fingerprint density at radius 1 is 1.29 bits per heavy atom. The number of benzene rings is 2. The molecule has 0 spiro atoms. The topological polar surface area (TPSA) is 41.6 Å². The quantitative estimate of drug-likeness (QED) is 0.874. The van der Waals surface area contributed by atoms with E-state index in [4.69, 9.17) is 16.3 Å². The number of hydrogen-bond acceptors (Lipinski definition) is 2. The number of carbonyl (C=O) groups excluding carboxylic acids is 1. The molecule has 1 N–H and O–H groups in total. The van der Waals surface area contributed by atoms with Crippen LogP contribution in [0.1, 0.15) is 17.2 Å². The molecule has 4 nitrogen and oxygen atoms in total. The van der Waals surface area contributed by atoms with Gasteiger partial charge >= 0.3 is 6.03 Å². The lowest BCUT2D eigenvalue weighted by atomic mass is 10.1. The molecule has 0 saturated carbocycles. The van der Waals surface area contributed by atoms with Gasteiger partial charge in [-0.15, -0.1) is 0 Å². The SMILES string of the molecule is Cc1ccc(NC(=O)N2CCOC(c3ccc(Cl)cc3)C2)c(F)c1. The standard InChI is InChI=1S/C18H18ClFN2O2/c1-12-2-7-16(15(20)10-12)21-18(23)22-8-9-24-17(11-22)13-3-5-14(19)6-4-13/h2-7,10,17H,8-9,11H2,1H3,(H,21,23). The number of ether oxygens (including phenoxy) is 1. The minimum absolute atomic E-state index is 0.181. The van der Waals surface area contributed by atoms with Crippen LogP contribution >= 0.6 is 11.6 Å². The van der Waals surface area contributed by atoms with Gasteiger partial charge in [0.05, 0.1) is 18.8 Å². The van der Waals surface area contributed by atoms with Crippen LogP contribution in [-0.2, 0) is 4.74 Å². The fourth-order valence-electron chi connectivity index (χ4n) is 2.63. The van der Waals surface area contributed by atoms with E-state index in [1.54, 1.807) is 36.1 Å². The van der Waals surface area contributed by atoms with E-state index in [0.29, 0.717) is 24.7 Å². The van der Waals surface area contributed by atoms with Gasteiger partial charge in [-0.3, -0.25) is 0 Å². The first-order valence-corrected chi connectivity index (χ1v) is 8.10. The summed E-state index contributed by atoms with van der Waals surface area (Å²) < 4.78 is 19.6. The average Bonchev–Trinajstić information content (AvgIpc) is 2.58. The summed E-state index contributed by atoms with van der Waals surface area (Å²) in [4.78, 5) is 14.0. The highest BCUT2D eigenvalue weighted by Gasteiger charge is 2.25. The largest absolute Gasteiger partial charge is 0.370 e. The van der Waals surface area contributed by atoms with E-state index in [9.17, 15) is 9.18 Å². The molecular formula is C18H18ClFN2O2. The van der Waals surface area contributed by atoms with Gasteiger partial charge in [0.1, 0.15) is 11.9 Å². The van der Waals surface area contributed by atoms with Crippen LogP contribution in [0.3, 0.4) is 0 Å². The molecule has 2 aromatic carbocycles. The first kappa shape index (κ1) is 16.7. The molecule has 24 heavy (non-hydrogen) atoms. The highest BCUT2D eigenvalue weighted by molar-refractivity contribution is 6.30. The second-order valence-corrected chi connectivity index (χ2v) is 6.21. The highest BCUT2D eigenvalue weighted by atomic mass is 35.5. The first-order chi connectivity index (χ1) is 11.5. The number of morpholine rings is 1. The molecule has 0 aromatic heterocycles. The maximum absolute atomic E-state index is 13.9. The number of carbonyl (C=O) groups is 1. The molecular weight excluding hydrogens is 331 g/mol. The number of amides is 2. The molecule has 1 heterocycles. The van der Waals surface area contributed by atoms with Crippen molar-refractivity contribution < 1.29 is 13.9 Å². The van der Waals surface area contributed by atoms with E-state index >= 15 is 0 Å². The summed E-state index contributed by atoms with van der Waals surface area (Å²) in [5, 5.41) is 3.28. The summed E-state index contributed by atoms with van der Waals surface area (Å²) in [6.07, 6.45) is -0.218. The molecule has 1 unspecified atom stereocenters. The number of nitrogens with zero attached hydrogens (tertiary/aromatic N) is 1. The number of hydrogen-bond donors (Lipinski definition) is 1. The summed E-state index contributed by atoms with van der Waals surface area (Å²) >= 11 is 5.90. The smallest absolute Gasteiger partial charge is 0.322 e. The lowest BCUT2D eigenvalue weighted by Crippen LogP contribution is -2.44. The number of nitrogens with one attached hydrogen (secondary N) is 1. The third-order valence-electron chi connectivity index (χ3n) is 3.96. The predicted molar refractivity (Wildman–Crippen MR) is 91.9 cm³/mol. The molecule has 1 atom stereocenters. The van der Waals surface area contributed by atoms with Gasteiger partial charge < -0.3 is 15.0 Å². The predicted octanol–water partition coefficient (Wildman–Crippen LogP) is 4.39. The Bertz CT molecular complexity index is 736.